The van der Waals surface area contributed by atoms with Gasteiger partial charge in [0, 0.05) is 24.0 Å². The zero-order chi connectivity index (χ0) is 14.4. The summed E-state index contributed by atoms with van der Waals surface area (Å²) in [5.41, 5.74) is 0.993. The maximum Gasteiger partial charge on any atom is 0.240 e. The van der Waals surface area contributed by atoms with Gasteiger partial charge < -0.3 is 5.32 Å². The Balaban J connectivity index is 1.98. The highest BCUT2D eigenvalue weighted by atomic mass is 32.2. The molecule has 0 saturated carbocycles. The van der Waals surface area contributed by atoms with E-state index in [4.69, 9.17) is 0 Å². The fourth-order valence-electron chi connectivity index (χ4n) is 2.14. The second-order valence-electron chi connectivity index (χ2n) is 4.98. The molecule has 0 radical (unpaired) electrons. The number of hydrogen-bond donors (Lipinski definition) is 2. The minimum Gasteiger partial charge on any atom is -0.381 e. The molecule has 0 spiro atoms. The van der Waals surface area contributed by atoms with E-state index in [9.17, 15) is 8.42 Å². The summed E-state index contributed by atoms with van der Waals surface area (Å²) in [6.45, 7) is 2.42. The van der Waals surface area contributed by atoms with Crippen molar-refractivity contribution in [2.75, 3.05) is 23.4 Å². The molecule has 2 N–H and O–H groups in total. The van der Waals surface area contributed by atoms with E-state index in [0.717, 1.165) is 17.9 Å². The van der Waals surface area contributed by atoms with Gasteiger partial charge in [0.2, 0.25) is 10.0 Å². The van der Waals surface area contributed by atoms with Crippen molar-refractivity contribution in [3.05, 3.63) is 24.3 Å². The van der Waals surface area contributed by atoms with Gasteiger partial charge in [0.1, 0.15) is 0 Å². The lowest BCUT2D eigenvalue weighted by Gasteiger charge is -2.23. The Labute approximate surface area is 125 Å². The van der Waals surface area contributed by atoms with Gasteiger partial charge in [-0.3, -0.25) is 0 Å². The summed E-state index contributed by atoms with van der Waals surface area (Å²) in [5.74, 6) is 2.37. The van der Waals surface area contributed by atoms with Gasteiger partial charge in [0.25, 0.3) is 0 Å². The third kappa shape index (κ3) is 4.40. The van der Waals surface area contributed by atoms with Crippen LogP contribution in [0.25, 0.3) is 0 Å². The molecule has 6 heteroatoms. The summed E-state index contributed by atoms with van der Waals surface area (Å²) < 4.78 is 26.5. The molecule has 0 amide bonds. The van der Waals surface area contributed by atoms with E-state index in [0.29, 0.717) is 17.5 Å². The van der Waals surface area contributed by atoms with Crippen LogP contribution in [0.2, 0.25) is 0 Å². The first-order valence-corrected chi connectivity index (χ1v) is 9.69. The SMILES string of the molecule is CCCNS(=O)(=O)c1ccc(NC2CCCSC2)cc1. The van der Waals surface area contributed by atoms with Crippen LogP contribution in [0.1, 0.15) is 26.2 Å². The predicted octanol–water partition coefficient (Wildman–Crippen LogP) is 2.68. The second kappa shape index (κ2) is 7.33. The third-order valence-corrected chi connectivity index (χ3v) is 5.93. The number of sulfonamides is 1. The van der Waals surface area contributed by atoms with Crippen LogP contribution < -0.4 is 10.0 Å². The maximum atomic E-state index is 12.0. The number of thioether (sulfide) groups is 1. The molecule has 2 rings (SSSR count). The van der Waals surface area contributed by atoms with Crippen LogP contribution in [0.15, 0.2) is 29.2 Å². The molecule has 0 bridgehead atoms. The summed E-state index contributed by atoms with van der Waals surface area (Å²) in [7, 11) is -3.35. The largest absolute Gasteiger partial charge is 0.381 e. The average molecular weight is 314 g/mol. The van der Waals surface area contributed by atoms with Gasteiger partial charge in [0.05, 0.1) is 4.90 Å². The summed E-state index contributed by atoms with van der Waals surface area (Å²) >= 11 is 1.97. The third-order valence-electron chi connectivity index (χ3n) is 3.24. The van der Waals surface area contributed by atoms with E-state index >= 15 is 0 Å². The molecule has 1 saturated heterocycles. The minimum absolute atomic E-state index is 0.328. The van der Waals surface area contributed by atoms with Crippen molar-refractivity contribution in [3.8, 4) is 0 Å². The van der Waals surface area contributed by atoms with Gasteiger partial charge in [-0.1, -0.05) is 6.92 Å². The number of hydrogen-bond acceptors (Lipinski definition) is 4. The fraction of sp³-hybridized carbons (Fsp3) is 0.571. The molecular weight excluding hydrogens is 292 g/mol. The van der Waals surface area contributed by atoms with Crippen LogP contribution >= 0.6 is 11.8 Å². The molecule has 0 aliphatic carbocycles. The summed E-state index contributed by atoms with van der Waals surface area (Å²) in [6, 6.07) is 7.51. The highest BCUT2D eigenvalue weighted by molar-refractivity contribution is 7.99. The summed E-state index contributed by atoms with van der Waals surface area (Å²) in [4.78, 5) is 0.328. The van der Waals surface area contributed by atoms with Gasteiger partial charge in [0.15, 0.2) is 0 Å². The highest BCUT2D eigenvalue weighted by Gasteiger charge is 2.15. The molecular formula is C14H22N2O2S2. The van der Waals surface area contributed by atoms with E-state index in [2.05, 4.69) is 10.0 Å². The van der Waals surface area contributed by atoms with Gasteiger partial charge in [-0.05, 0) is 49.3 Å². The van der Waals surface area contributed by atoms with Crippen LogP contribution in [0.3, 0.4) is 0 Å². The molecule has 1 atom stereocenters. The van der Waals surface area contributed by atoms with E-state index in [1.165, 1.54) is 18.6 Å². The molecule has 1 aliphatic heterocycles. The fourth-order valence-corrected chi connectivity index (χ4v) is 4.35. The Morgan fingerprint density at radius 1 is 1.30 bits per heavy atom. The predicted molar refractivity (Wildman–Crippen MR) is 85.9 cm³/mol. The topological polar surface area (TPSA) is 58.2 Å². The smallest absolute Gasteiger partial charge is 0.240 e. The van der Waals surface area contributed by atoms with Crippen molar-refractivity contribution >= 4 is 27.5 Å². The van der Waals surface area contributed by atoms with Crippen molar-refractivity contribution in [2.24, 2.45) is 0 Å². The summed E-state index contributed by atoms with van der Waals surface area (Å²) in [6.07, 6.45) is 3.22. The van der Waals surface area contributed by atoms with Crippen LogP contribution in [-0.4, -0.2) is 32.5 Å². The Bertz CT molecular complexity index is 508. The molecule has 1 aromatic rings. The van der Waals surface area contributed by atoms with Gasteiger partial charge in [-0.2, -0.15) is 11.8 Å². The molecule has 1 heterocycles. The Hall–Kier alpha value is -0.720. The molecule has 4 nitrogen and oxygen atoms in total. The maximum absolute atomic E-state index is 12.0. The quantitative estimate of drug-likeness (QED) is 0.847. The van der Waals surface area contributed by atoms with Crippen molar-refractivity contribution in [2.45, 2.75) is 37.1 Å². The second-order valence-corrected chi connectivity index (χ2v) is 7.90. The Kier molecular flexibility index (Phi) is 5.74. The van der Waals surface area contributed by atoms with Gasteiger partial charge in [-0.25, -0.2) is 13.1 Å². The molecule has 1 aliphatic rings. The van der Waals surface area contributed by atoms with E-state index in [-0.39, 0.29) is 0 Å². The lowest BCUT2D eigenvalue weighted by molar-refractivity contribution is 0.581. The number of rotatable bonds is 6. The Morgan fingerprint density at radius 3 is 2.65 bits per heavy atom. The number of nitrogens with one attached hydrogen (secondary N) is 2. The van der Waals surface area contributed by atoms with Crippen LogP contribution in [-0.2, 0) is 10.0 Å². The molecule has 112 valence electrons. The average Bonchev–Trinajstić information content (AvgIpc) is 2.47. The van der Waals surface area contributed by atoms with Gasteiger partial charge >= 0.3 is 0 Å². The number of benzene rings is 1. The van der Waals surface area contributed by atoms with E-state index in [1.54, 1.807) is 12.1 Å². The van der Waals surface area contributed by atoms with Crippen LogP contribution in [0.4, 0.5) is 5.69 Å². The Morgan fingerprint density at radius 2 is 2.05 bits per heavy atom. The minimum atomic E-state index is -3.35. The zero-order valence-electron chi connectivity index (χ0n) is 11.8. The molecule has 0 aromatic heterocycles. The van der Waals surface area contributed by atoms with E-state index < -0.39 is 10.0 Å². The lowest BCUT2D eigenvalue weighted by atomic mass is 10.2. The highest BCUT2D eigenvalue weighted by Crippen LogP contribution is 2.21. The molecule has 1 unspecified atom stereocenters. The molecule has 20 heavy (non-hydrogen) atoms. The van der Waals surface area contributed by atoms with Gasteiger partial charge in [-0.15, -0.1) is 0 Å². The first-order valence-electron chi connectivity index (χ1n) is 7.06. The van der Waals surface area contributed by atoms with Crippen LogP contribution in [0, 0.1) is 0 Å². The van der Waals surface area contributed by atoms with Crippen molar-refractivity contribution < 1.29 is 8.42 Å². The first kappa shape index (κ1) is 15.7. The molecule has 1 fully saturated rings. The molecule has 1 aromatic carbocycles. The van der Waals surface area contributed by atoms with Crippen molar-refractivity contribution in [1.29, 1.82) is 0 Å². The van der Waals surface area contributed by atoms with E-state index in [1.807, 2.05) is 30.8 Å². The summed E-state index contributed by atoms with van der Waals surface area (Å²) in [5, 5.41) is 3.47. The first-order chi connectivity index (χ1) is 9.62. The number of anilines is 1. The van der Waals surface area contributed by atoms with Crippen molar-refractivity contribution in [1.82, 2.24) is 4.72 Å². The normalized spacial score (nSPS) is 19.8. The van der Waals surface area contributed by atoms with Crippen LogP contribution in [0.5, 0.6) is 0 Å². The zero-order valence-corrected chi connectivity index (χ0v) is 13.4. The monoisotopic (exact) mass is 314 g/mol. The standard InChI is InChI=1S/C14H22N2O2S2/c1-2-9-15-20(17,18)14-7-5-12(6-8-14)16-13-4-3-10-19-11-13/h5-8,13,15-16H,2-4,9-11H2,1H3. The lowest BCUT2D eigenvalue weighted by Crippen LogP contribution is -2.26. The van der Waals surface area contributed by atoms with Crippen molar-refractivity contribution in [3.63, 3.8) is 0 Å².